The third-order valence-corrected chi connectivity index (χ3v) is 3.37. The highest BCUT2D eigenvalue weighted by molar-refractivity contribution is 5.61. The van der Waals surface area contributed by atoms with E-state index in [1.165, 1.54) is 0 Å². The van der Waals surface area contributed by atoms with Crippen LogP contribution in [0.15, 0.2) is 23.0 Å². The standard InChI is InChI=1S/C15H16N2O3/c1-8(2)13-9(3)16-14(17-15(13)18)10-4-5-11-12(6-10)20-7-19-11/h4-6,8H,7H2,1-3H3,(H,16,17,18). The molecule has 0 radical (unpaired) electrons. The van der Waals surface area contributed by atoms with Crippen LogP contribution in [0.3, 0.4) is 0 Å². The Bertz CT molecular complexity index is 720. The van der Waals surface area contributed by atoms with Crippen LogP contribution in [-0.4, -0.2) is 16.8 Å². The van der Waals surface area contributed by atoms with E-state index in [0.29, 0.717) is 17.3 Å². The molecule has 0 spiro atoms. The number of ether oxygens (including phenoxy) is 2. The maximum atomic E-state index is 12.2. The van der Waals surface area contributed by atoms with Gasteiger partial charge in [-0.25, -0.2) is 4.98 Å². The van der Waals surface area contributed by atoms with Crippen molar-refractivity contribution < 1.29 is 9.47 Å². The molecule has 5 heteroatoms. The number of aryl methyl sites for hydroxylation is 1. The van der Waals surface area contributed by atoms with Crippen LogP contribution in [0.25, 0.3) is 11.4 Å². The first-order chi connectivity index (χ1) is 9.56. The summed E-state index contributed by atoms with van der Waals surface area (Å²) in [4.78, 5) is 19.5. The molecule has 1 aromatic heterocycles. The molecule has 0 aliphatic carbocycles. The first-order valence-corrected chi connectivity index (χ1v) is 6.57. The van der Waals surface area contributed by atoms with E-state index >= 15 is 0 Å². The number of hydrogen-bond acceptors (Lipinski definition) is 4. The van der Waals surface area contributed by atoms with E-state index in [0.717, 1.165) is 16.8 Å². The molecule has 0 amide bonds. The molecule has 104 valence electrons. The van der Waals surface area contributed by atoms with Crippen LogP contribution in [-0.2, 0) is 0 Å². The first kappa shape index (κ1) is 12.7. The summed E-state index contributed by atoms with van der Waals surface area (Å²) in [6.45, 7) is 6.06. The number of H-pyrrole nitrogens is 1. The van der Waals surface area contributed by atoms with E-state index in [1.807, 2.05) is 39.0 Å². The Morgan fingerprint density at radius 3 is 2.70 bits per heavy atom. The maximum Gasteiger partial charge on any atom is 0.254 e. The molecule has 2 aromatic rings. The van der Waals surface area contributed by atoms with Crippen molar-refractivity contribution in [2.45, 2.75) is 26.7 Å². The summed E-state index contributed by atoms with van der Waals surface area (Å²) in [5.74, 6) is 2.09. The lowest BCUT2D eigenvalue weighted by Gasteiger charge is -2.10. The average Bonchev–Trinajstić information content (AvgIpc) is 2.84. The summed E-state index contributed by atoms with van der Waals surface area (Å²) in [6.07, 6.45) is 0. The molecule has 1 aliphatic rings. The number of aromatic nitrogens is 2. The normalized spacial score (nSPS) is 13.0. The van der Waals surface area contributed by atoms with Gasteiger partial charge < -0.3 is 14.5 Å². The molecule has 1 aromatic carbocycles. The van der Waals surface area contributed by atoms with Gasteiger partial charge in [-0.05, 0) is 31.0 Å². The van der Waals surface area contributed by atoms with Crippen molar-refractivity contribution in [2.75, 3.05) is 6.79 Å². The van der Waals surface area contributed by atoms with Crippen LogP contribution in [0.5, 0.6) is 11.5 Å². The summed E-state index contributed by atoms with van der Waals surface area (Å²) in [7, 11) is 0. The van der Waals surface area contributed by atoms with E-state index in [4.69, 9.17) is 9.47 Å². The third-order valence-electron chi connectivity index (χ3n) is 3.37. The highest BCUT2D eigenvalue weighted by atomic mass is 16.7. The van der Waals surface area contributed by atoms with Gasteiger partial charge in [-0.1, -0.05) is 13.8 Å². The molecule has 1 aliphatic heterocycles. The Morgan fingerprint density at radius 2 is 2.00 bits per heavy atom. The lowest BCUT2D eigenvalue weighted by molar-refractivity contribution is 0.174. The fraction of sp³-hybridized carbons (Fsp3) is 0.333. The van der Waals surface area contributed by atoms with Crippen LogP contribution < -0.4 is 15.0 Å². The number of nitrogens with zero attached hydrogens (tertiary/aromatic N) is 1. The summed E-state index contributed by atoms with van der Waals surface area (Å²) < 4.78 is 10.6. The van der Waals surface area contributed by atoms with Crippen molar-refractivity contribution in [3.05, 3.63) is 39.8 Å². The molecular formula is C15H16N2O3. The minimum Gasteiger partial charge on any atom is -0.454 e. The zero-order valence-corrected chi connectivity index (χ0v) is 11.7. The number of benzene rings is 1. The molecule has 20 heavy (non-hydrogen) atoms. The smallest absolute Gasteiger partial charge is 0.254 e. The van der Waals surface area contributed by atoms with Crippen molar-refractivity contribution in [3.63, 3.8) is 0 Å². The van der Waals surface area contributed by atoms with Gasteiger partial charge in [-0.2, -0.15) is 0 Å². The third kappa shape index (κ3) is 2.05. The molecule has 0 atom stereocenters. The molecule has 0 saturated carbocycles. The van der Waals surface area contributed by atoms with Gasteiger partial charge in [-0.3, -0.25) is 4.79 Å². The molecule has 2 heterocycles. The SMILES string of the molecule is Cc1nc(-c2ccc3c(c2)OCO3)[nH]c(=O)c1C(C)C. The van der Waals surface area contributed by atoms with Gasteiger partial charge in [0.2, 0.25) is 6.79 Å². The molecular weight excluding hydrogens is 256 g/mol. The summed E-state index contributed by atoms with van der Waals surface area (Å²) in [6, 6.07) is 5.51. The molecule has 0 saturated heterocycles. The molecule has 0 unspecified atom stereocenters. The number of aromatic amines is 1. The minimum absolute atomic E-state index is 0.0832. The van der Waals surface area contributed by atoms with Crippen LogP contribution in [0.2, 0.25) is 0 Å². The van der Waals surface area contributed by atoms with Crippen molar-refractivity contribution in [1.82, 2.24) is 9.97 Å². The fourth-order valence-electron chi connectivity index (χ4n) is 2.46. The zero-order chi connectivity index (χ0) is 14.3. The Balaban J connectivity index is 2.09. The fourth-order valence-corrected chi connectivity index (χ4v) is 2.46. The lowest BCUT2D eigenvalue weighted by atomic mass is 10.0. The van der Waals surface area contributed by atoms with Crippen LogP contribution in [0.4, 0.5) is 0 Å². The minimum atomic E-state index is -0.0832. The zero-order valence-electron chi connectivity index (χ0n) is 11.7. The van der Waals surface area contributed by atoms with E-state index in [2.05, 4.69) is 9.97 Å². The maximum absolute atomic E-state index is 12.2. The van der Waals surface area contributed by atoms with Gasteiger partial charge in [0.1, 0.15) is 5.82 Å². The van der Waals surface area contributed by atoms with Crippen LogP contribution in [0.1, 0.15) is 31.0 Å². The van der Waals surface area contributed by atoms with Crippen molar-refractivity contribution >= 4 is 0 Å². The molecule has 3 rings (SSSR count). The quantitative estimate of drug-likeness (QED) is 0.912. The molecule has 1 N–H and O–H groups in total. The van der Waals surface area contributed by atoms with Gasteiger partial charge in [0.25, 0.3) is 5.56 Å². The molecule has 5 nitrogen and oxygen atoms in total. The molecule has 0 bridgehead atoms. The summed E-state index contributed by atoms with van der Waals surface area (Å²) >= 11 is 0. The first-order valence-electron chi connectivity index (χ1n) is 6.57. The van der Waals surface area contributed by atoms with Crippen LogP contribution >= 0.6 is 0 Å². The van der Waals surface area contributed by atoms with Crippen LogP contribution in [0, 0.1) is 6.92 Å². The Kier molecular flexibility index (Phi) is 2.97. The average molecular weight is 272 g/mol. The van der Waals surface area contributed by atoms with E-state index in [1.54, 1.807) is 0 Å². The number of nitrogens with one attached hydrogen (secondary N) is 1. The van der Waals surface area contributed by atoms with Crippen molar-refractivity contribution in [1.29, 1.82) is 0 Å². The number of fused-ring (bicyclic) bond motifs is 1. The highest BCUT2D eigenvalue weighted by Gasteiger charge is 2.16. The van der Waals surface area contributed by atoms with E-state index in [-0.39, 0.29) is 18.3 Å². The largest absolute Gasteiger partial charge is 0.454 e. The van der Waals surface area contributed by atoms with Crippen molar-refractivity contribution in [3.8, 4) is 22.9 Å². The topological polar surface area (TPSA) is 64.2 Å². The number of hydrogen-bond donors (Lipinski definition) is 1. The lowest BCUT2D eigenvalue weighted by Crippen LogP contribution is -2.18. The second-order valence-corrected chi connectivity index (χ2v) is 5.14. The van der Waals surface area contributed by atoms with E-state index < -0.39 is 0 Å². The number of rotatable bonds is 2. The summed E-state index contributed by atoms with van der Waals surface area (Å²) in [5, 5.41) is 0. The van der Waals surface area contributed by atoms with E-state index in [9.17, 15) is 4.79 Å². The second-order valence-electron chi connectivity index (χ2n) is 5.14. The van der Waals surface area contributed by atoms with Gasteiger partial charge >= 0.3 is 0 Å². The van der Waals surface area contributed by atoms with Gasteiger partial charge in [0.05, 0.1) is 0 Å². The Morgan fingerprint density at radius 1 is 1.25 bits per heavy atom. The monoisotopic (exact) mass is 272 g/mol. The van der Waals surface area contributed by atoms with Crippen molar-refractivity contribution in [2.24, 2.45) is 0 Å². The Hall–Kier alpha value is -2.30. The summed E-state index contributed by atoms with van der Waals surface area (Å²) in [5.41, 5.74) is 2.22. The predicted octanol–water partition coefficient (Wildman–Crippen LogP) is 2.60. The highest BCUT2D eigenvalue weighted by Crippen LogP contribution is 2.34. The predicted molar refractivity (Wildman–Crippen MR) is 75.2 cm³/mol. The second kappa shape index (κ2) is 4.67. The van der Waals surface area contributed by atoms with Gasteiger partial charge in [0.15, 0.2) is 11.5 Å². The van der Waals surface area contributed by atoms with Gasteiger partial charge in [0, 0.05) is 16.8 Å². The van der Waals surface area contributed by atoms with Gasteiger partial charge in [-0.15, -0.1) is 0 Å². The Labute approximate surface area is 116 Å². The molecule has 0 fully saturated rings.